The summed E-state index contributed by atoms with van der Waals surface area (Å²) in [5, 5.41) is 0. The Balaban J connectivity index is 2.37. The molecule has 0 radical (unpaired) electrons. The third-order valence-corrected chi connectivity index (χ3v) is 3.38. The average Bonchev–Trinajstić information content (AvgIpc) is 2.92. The Morgan fingerprint density at radius 2 is 1.95 bits per heavy atom. The summed E-state index contributed by atoms with van der Waals surface area (Å²) < 4.78 is 45.2. The number of hydrogen-bond acceptors (Lipinski definition) is 3. The minimum absolute atomic E-state index is 0.0370. The highest BCUT2D eigenvalue weighted by molar-refractivity contribution is 9.10. The number of carbonyl (C=O) groups is 1. The second kappa shape index (κ2) is 5.88. The molecular formula is C13H10BrF3N2O2. The van der Waals surface area contributed by atoms with E-state index < -0.39 is 18.1 Å². The number of nitrogens with zero attached hydrogens (tertiary/aromatic N) is 2. The Bertz CT molecular complexity index is 611. The van der Waals surface area contributed by atoms with E-state index in [-0.39, 0.29) is 11.3 Å². The van der Waals surface area contributed by atoms with Gasteiger partial charge in [-0.25, -0.2) is 4.98 Å². The van der Waals surface area contributed by atoms with Crippen LogP contribution >= 0.6 is 15.9 Å². The second-order valence-electron chi connectivity index (χ2n) is 4.29. The van der Waals surface area contributed by atoms with E-state index in [9.17, 15) is 18.0 Å². The Labute approximate surface area is 126 Å². The first-order chi connectivity index (χ1) is 9.80. The summed E-state index contributed by atoms with van der Waals surface area (Å²) in [6.45, 7) is 0. The van der Waals surface area contributed by atoms with Gasteiger partial charge in [0.25, 0.3) is 5.91 Å². The van der Waals surface area contributed by atoms with Crippen LogP contribution in [-0.2, 0) is 0 Å². The average molecular weight is 363 g/mol. The lowest BCUT2D eigenvalue weighted by Gasteiger charge is -2.29. The Morgan fingerprint density at radius 3 is 2.43 bits per heavy atom. The van der Waals surface area contributed by atoms with Crippen LogP contribution in [0.3, 0.4) is 0 Å². The lowest BCUT2D eigenvalue weighted by molar-refractivity contribution is -0.176. The topological polar surface area (TPSA) is 46.3 Å². The van der Waals surface area contributed by atoms with Gasteiger partial charge in [0.05, 0.1) is 0 Å². The number of hydrogen-bond donors (Lipinski definition) is 0. The van der Waals surface area contributed by atoms with Crippen LogP contribution in [0.4, 0.5) is 13.2 Å². The smallest absolute Gasteiger partial charge is 0.413 e. The summed E-state index contributed by atoms with van der Waals surface area (Å²) in [6, 6.07) is 3.55. The first-order valence-electron chi connectivity index (χ1n) is 5.78. The van der Waals surface area contributed by atoms with E-state index in [1.165, 1.54) is 24.3 Å². The van der Waals surface area contributed by atoms with Crippen molar-refractivity contribution in [2.75, 3.05) is 7.05 Å². The van der Waals surface area contributed by atoms with Gasteiger partial charge in [-0.1, -0.05) is 28.1 Å². The zero-order valence-corrected chi connectivity index (χ0v) is 12.4. The molecule has 112 valence electrons. The van der Waals surface area contributed by atoms with E-state index >= 15 is 0 Å². The van der Waals surface area contributed by atoms with Gasteiger partial charge < -0.3 is 9.32 Å². The zero-order chi connectivity index (χ0) is 15.6. The van der Waals surface area contributed by atoms with E-state index in [1.54, 1.807) is 0 Å². The normalized spacial score (nSPS) is 13.0. The predicted molar refractivity (Wildman–Crippen MR) is 71.5 cm³/mol. The van der Waals surface area contributed by atoms with E-state index in [0.29, 0.717) is 9.37 Å². The lowest BCUT2D eigenvalue weighted by Crippen LogP contribution is -2.39. The summed E-state index contributed by atoms with van der Waals surface area (Å²) in [5.41, 5.74) is -0.214. The molecule has 0 fully saturated rings. The minimum Gasteiger partial charge on any atom is -0.451 e. The lowest BCUT2D eigenvalue weighted by atomic mass is 10.0. The molecule has 1 aromatic heterocycles. The molecule has 0 aliphatic heterocycles. The van der Waals surface area contributed by atoms with Crippen molar-refractivity contribution in [2.24, 2.45) is 0 Å². The molecule has 4 nitrogen and oxygen atoms in total. The number of aromatic nitrogens is 1. The molecule has 0 saturated carbocycles. The van der Waals surface area contributed by atoms with Gasteiger partial charge in [0.1, 0.15) is 6.26 Å². The summed E-state index contributed by atoms with van der Waals surface area (Å²) in [4.78, 5) is 16.2. The Morgan fingerprint density at radius 1 is 1.33 bits per heavy atom. The van der Waals surface area contributed by atoms with Crippen LogP contribution in [-0.4, -0.2) is 29.0 Å². The van der Waals surface area contributed by atoms with Crippen molar-refractivity contribution < 1.29 is 22.4 Å². The summed E-state index contributed by atoms with van der Waals surface area (Å²) in [7, 11) is 1.08. The molecule has 1 aromatic carbocycles. The van der Waals surface area contributed by atoms with Gasteiger partial charge in [0.15, 0.2) is 18.1 Å². The zero-order valence-electron chi connectivity index (χ0n) is 10.8. The van der Waals surface area contributed by atoms with Crippen molar-refractivity contribution in [3.63, 3.8) is 0 Å². The Hall–Kier alpha value is -1.83. The number of carbonyl (C=O) groups excluding carboxylic acids is 1. The van der Waals surface area contributed by atoms with Crippen LogP contribution in [0, 0.1) is 0 Å². The van der Waals surface area contributed by atoms with Crippen molar-refractivity contribution in [1.82, 2.24) is 9.88 Å². The Kier molecular flexibility index (Phi) is 4.36. The summed E-state index contributed by atoms with van der Waals surface area (Å²) in [6.07, 6.45) is -2.61. The molecule has 21 heavy (non-hydrogen) atoms. The number of oxazole rings is 1. The van der Waals surface area contributed by atoms with Crippen molar-refractivity contribution in [3.05, 3.63) is 52.7 Å². The number of rotatable bonds is 3. The molecule has 2 rings (SSSR count). The number of benzene rings is 1. The molecule has 1 heterocycles. The van der Waals surface area contributed by atoms with Crippen molar-refractivity contribution in [3.8, 4) is 0 Å². The number of amides is 1. The molecule has 0 aliphatic carbocycles. The maximum atomic E-state index is 13.3. The highest BCUT2D eigenvalue weighted by Crippen LogP contribution is 2.37. The first-order valence-corrected chi connectivity index (χ1v) is 6.57. The van der Waals surface area contributed by atoms with Crippen LogP contribution in [0.15, 0.2) is 45.8 Å². The van der Waals surface area contributed by atoms with E-state index in [4.69, 9.17) is 0 Å². The summed E-state index contributed by atoms with van der Waals surface area (Å²) >= 11 is 3.16. The quantitative estimate of drug-likeness (QED) is 0.833. The van der Waals surface area contributed by atoms with Crippen LogP contribution in [0.2, 0.25) is 0 Å². The van der Waals surface area contributed by atoms with Crippen molar-refractivity contribution in [2.45, 2.75) is 12.2 Å². The largest absolute Gasteiger partial charge is 0.451 e. The number of halogens is 4. The molecule has 2 aromatic rings. The van der Waals surface area contributed by atoms with Crippen LogP contribution < -0.4 is 0 Å². The molecular weight excluding hydrogens is 353 g/mol. The maximum absolute atomic E-state index is 13.3. The van der Waals surface area contributed by atoms with Gasteiger partial charge in [-0.3, -0.25) is 4.79 Å². The van der Waals surface area contributed by atoms with Gasteiger partial charge in [-0.05, 0) is 17.7 Å². The molecule has 8 heteroatoms. The molecule has 0 bridgehead atoms. The monoisotopic (exact) mass is 362 g/mol. The fourth-order valence-corrected chi connectivity index (χ4v) is 2.16. The summed E-state index contributed by atoms with van der Waals surface area (Å²) in [5.74, 6) is -0.867. The van der Waals surface area contributed by atoms with E-state index in [0.717, 1.165) is 19.7 Å². The number of alkyl halides is 3. The van der Waals surface area contributed by atoms with Crippen LogP contribution in [0.5, 0.6) is 0 Å². The molecule has 0 aliphatic rings. The van der Waals surface area contributed by atoms with Gasteiger partial charge in [0, 0.05) is 11.5 Å². The van der Waals surface area contributed by atoms with Crippen LogP contribution in [0.25, 0.3) is 0 Å². The molecule has 0 spiro atoms. The molecule has 0 N–H and O–H groups in total. The van der Waals surface area contributed by atoms with Gasteiger partial charge >= 0.3 is 6.18 Å². The second-order valence-corrected chi connectivity index (χ2v) is 5.20. The van der Waals surface area contributed by atoms with Gasteiger partial charge in [-0.2, -0.15) is 13.2 Å². The van der Waals surface area contributed by atoms with Gasteiger partial charge in [-0.15, -0.1) is 0 Å². The highest BCUT2D eigenvalue weighted by atomic mass is 79.9. The molecule has 0 saturated heterocycles. The predicted octanol–water partition coefficient (Wildman–Crippen LogP) is 3.81. The van der Waals surface area contributed by atoms with Gasteiger partial charge in [0.2, 0.25) is 0 Å². The standard InChI is InChI=1S/C13H10BrF3N2O2/c1-19(12(20)10-6-21-7-18-10)11(13(15,16)17)8-2-4-9(14)5-3-8/h2-7,11H,1H3/t11-/m0/s1. The third-order valence-electron chi connectivity index (χ3n) is 2.85. The SMILES string of the molecule is CN(C(=O)c1cocn1)[C@@H](c1ccc(Br)cc1)C(F)(F)F. The third kappa shape index (κ3) is 3.44. The van der Waals surface area contributed by atoms with E-state index in [2.05, 4.69) is 25.3 Å². The molecule has 0 unspecified atom stereocenters. The fourth-order valence-electron chi connectivity index (χ4n) is 1.89. The van der Waals surface area contributed by atoms with Crippen molar-refractivity contribution in [1.29, 1.82) is 0 Å². The first kappa shape index (κ1) is 15.6. The van der Waals surface area contributed by atoms with Crippen LogP contribution in [0.1, 0.15) is 22.1 Å². The fraction of sp³-hybridized carbons (Fsp3) is 0.231. The molecule has 1 atom stereocenters. The maximum Gasteiger partial charge on any atom is 0.413 e. The molecule has 1 amide bonds. The minimum atomic E-state index is -4.61. The van der Waals surface area contributed by atoms with Crippen molar-refractivity contribution >= 4 is 21.8 Å². The highest BCUT2D eigenvalue weighted by Gasteiger charge is 2.45. The van der Waals surface area contributed by atoms with E-state index in [1.807, 2.05) is 0 Å².